The Balaban J connectivity index is 1.73. The van der Waals surface area contributed by atoms with Crippen LogP contribution >= 0.6 is 0 Å². The Morgan fingerprint density at radius 3 is 2.48 bits per heavy atom. The third-order valence-electron chi connectivity index (χ3n) is 4.93. The van der Waals surface area contributed by atoms with Gasteiger partial charge >= 0.3 is 0 Å². The maximum atomic E-state index is 12.5. The van der Waals surface area contributed by atoms with Crippen LogP contribution in [-0.2, 0) is 4.79 Å². The van der Waals surface area contributed by atoms with E-state index < -0.39 is 10.8 Å². The molecule has 1 unspecified atom stereocenters. The van der Waals surface area contributed by atoms with Crippen LogP contribution in [0.3, 0.4) is 0 Å². The van der Waals surface area contributed by atoms with Crippen LogP contribution in [0.15, 0.2) is 36.4 Å². The number of amides is 2. The Kier molecular flexibility index (Phi) is 4.94. The fourth-order valence-electron chi connectivity index (χ4n) is 3.16. The lowest BCUT2D eigenvalue weighted by molar-refractivity contribution is -0.385. The highest BCUT2D eigenvalue weighted by Crippen LogP contribution is 2.25. The predicted octanol–water partition coefficient (Wildman–Crippen LogP) is 3.06. The van der Waals surface area contributed by atoms with Gasteiger partial charge in [-0.15, -0.1) is 0 Å². The van der Waals surface area contributed by atoms with E-state index in [1.165, 1.54) is 6.07 Å². The molecule has 2 aromatic rings. The molecule has 27 heavy (non-hydrogen) atoms. The second kappa shape index (κ2) is 7.19. The van der Waals surface area contributed by atoms with Gasteiger partial charge in [0, 0.05) is 35.8 Å². The Labute approximate surface area is 157 Å². The van der Waals surface area contributed by atoms with E-state index in [0.29, 0.717) is 12.1 Å². The Bertz CT molecular complexity index is 939. The first-order valence-electron chi connectivity index (χ1n) is 8.70. The van der Waals surface area contributed by atoms with Crippen LogP contribution < -0.4 is 10.2 Å². The van der Waals surface area contributed by atoms with E-state index in [4.69, 9.17) is 0 Å². The number of hydrogen-bond acceptors (Lipinski definition) is 4. The van der Waals surface area contributed by atoms with Crippen molar-refractivity contribution in [2.24, 2.45) is 0 Å². The van der Waals surface area contributed by atoms with Crippen molar-refractivity contribution in [3.05, 3.63) is 68.8 Å². The van der Waals surface area contributed by atoms with E-state index in [2.05, 4.69) is 5.32 Å². The molecule has 0 saturated carbocycles. The topological polar surface area (TPSA) is 92.6 Å². The van der Waals surface area contributed by atoms with Crippen LogP contribution in [0, 0.1) is 30.9 Å². The summed E-state index contributed by atoms with van der Waals surface area (Å²) in [7, 11) is 0. The number of rotatable bonds is 4. The second-order valence-corrected chi connectivity index (χ2v) is 6.91. The van der Waals surface area contributed by atoms with E-state index >= 15 is 0 Å². The van der Waals surface area contributed by atoms with Gasteiger partial charge in [-0.2, -0.15) is 0 Å². The lowest BCUT2D eigenvalue weighted by Gasteiger charge is -2.18. The van der Waals surface area contributed by atoms with E-state index in [1.807, 2.05) is 32.0 Å². The SMILES string of the molecule is Cc1ccc(N2CC(NC(=O)c3ccc(C)c([N+](=O)[O-])c3)CC2=O)cc1C. The lowest BCUT2D eigenvalue weighted by Crippen LogP contribution is -2.37. The molecule has 0 aliphatic carbocycles. The van der Waals surface area contributed by atoms with E-state index in [1.54, 1.807) is 24.0 Å². The molecule has 0 radical (unpaired) electrons. The molecule has 0 spiro atoms. The molecule has 1 heterocycles. The number of nitro benzene ring substituents is 1. The van der Waals surface area contributed by atoms with Crippen molar-refractivity contribution in [3.8, 4) is 0 Å². The van der Waals surface area contributed by atoms with Crippen molar-refractivity contribution < 1.29 is 14.5 Å². The summed E-state index contributed by atoms with van der Waals surface area (Å²) in [6.45, 7) is 6.00. The van der Waals surface area contributed by atoms with Gasteiger partial charge in [0.1, 0.15) is 0 Å². The Morgan fingerprint density at radius 1 is 1.11 bits per heavy atom. The summed E-state index contributed by atoms with van der Waals surface area (Å²) in [6.07, 6.45) is 0.201. The van der Waals surface area contributed by atoms with Gasteiger partial charge in [0.25, 0.3) is 11.6 Å². The lowest BCUT2D eigenvalue weighted by atomic mass is 10.1. The van der Waals surface area contributed by atoms with Crippen LogP contribution in [-0.4, -0.2) is 29.3 Å². The third kappa shape index (κ3) is 3.81. The normalized spacial score (nSPS) is 16.5. The van der Waals surface area contributed by atoms with Crippen molar-refractivity contribution in [2.75, 3.05) is 11.4 Å². The Morgan fingerprint density at radius 2 is 1.81 bits per heavy atom. The van der Waals surface area contributed by atoms with Crippen molar-refractivity contribution in [1.29, 1.82) is 0 Å². The minimum absolute atomic E-state index is 0.0570. The minimum Gasteiger partial charge on any atom is -0.347 e. The standard InChI is InChI=1S/C20H21N3O4/c1-12-5-7-17(8-14(12)3)22-11-16(10-19(22)24)21-20(25)15-6-4-13(2)18(9-15)23(26)27/h4-9,16H,10-11H2,1-3H3,(H,21,25). The molecule has 1 aliphatic rings. The van der Waals surface area contributed by atoms with E-state index in [-0.39, 0.29) is 29.6 Å². The van der Waals surface area contributed by atoms with Crippen molar-refractivity contribution in [1.82, 2.24) is 5.32 Å². The summed E-state index contributed by atoms with van der Waals surface area (Å²) < 4.78 is 0. The van der Waals surface area contributed by atoms with Gasteiger partial charge in [-0.3, -0.25) is 19.7 Å². The van der Waals surface area contributed by atoms with Crippen LogP contribution in [0.5, 0.6) is 0 Å². The number of nitrogens with zero attached hydrogens (tertiary/aromatic N) is 2. The number of carbonyl (C=O) groups excluding carboxylic acids is 2. The maximum absolute atomic E-state index is 12.5. The van der Waals surface area contributed by atoms with Gasteiger partial charge in [0.15, 0.2) is 0 Å². The highest BCUT2D eigenvalue weighted by molar-refractivity contribution is 5.99. The van der Waals surface area contributed by atoms with Crippen molar-refractivity contribution in [2.45, 2.75) is 33.2 Å². The first-order chi connectivity index (χ1) is 12.8. The molecule has 0 bridgehead atoms. The first-order valence-corrected chi connectivity index (χ1v) is 8.70. The molecule has 140 valence electrons. The summed E-state index contributed by atoms with van der Waals surface area (Å²) in [5.41, 5.74) is 3.67. The maximum Gasteiger partial charge on any atom is 0.273 e. The number of hydrogen-bond donors (Lipinski definition) is 1. The van der Waals surface area contributed by atoms with Gasteiger partial charge in [-0.05, 0) is 50.1 Å². The Hall–Kier alpha value is -3.22. The zero-order chi connectivity index (χ0) is 19.7. The van der Waals surface area contributed by atoms with Gasteiger partial charge in [-0.25, -0.2) is 0 Å². The van der Waals surface area contributed by atoms with Gasteiger partial charge in [0.2, 0.25) is 5.91 Å². The molecule has 2 aromatic carbocycles. The molecule has 1 fully saturated rings. The summed E-state index contributed by atoms with van der Waals surface area (Å²) >= 11 is 0. The van der Waals surface area contributed by atoms with Gasteiger partial charge in [0.05, 0.1) is 11.0 Å². The van der Waals surface area contributed by atoms with E-state index in [0.717, 1.165) is 16.8 Å². The van der Waals surface area contributed by atoms with Gasteiger partial charge in [-0.1, -0.05) is 12.1 Å². The highest BCUT2D eigenvalue weighted by Gasteiger charge is 2.32. The average molecular weight is 367 g/mol. The summed E-state index contributed by atoms with van der Waals surface area (Å²) in [5, 5.41) is 13.9. The zero-order valence-corrected chi connectivity index (χ0v) is 15.5. The number of nitro groups is 1. The first kappa shape index (κ1) is 18.6. The number of aryl methyl sites for hydroxylation is 3. The molecule has 1 N–H and O–H groups in total. The van der Waals surface area contributed by atoms with Crippen molar-refractivity contribution in [3.63, 3.8) is 0 Å². The molecule has 7 heteroatoms. The van der Waals surface area contributed by atoms with Crippen LogP contribution in [0.2, 0.25) is 0 Å². The number of nitrogens with one attached hydrogen (secondary N) is 1. The zero-order valence-electron chi connectivity index (χ0n) is 15.5. The smallest absolute Gasteiger partial charge is 0.273 e. The minimum atomic E-state index is -0.507. The van der Waals surface area contributed by atoms with Crippen LogP contribution in [0.25, 0.3) is 0 Å². The van der Waals surface area contributed by atoms with Crippen LogP contribution in [0.4, 0.5) is 11.4 Å². The molecule has 2 amide bonds. The molecule has 7 nitrogen and oxygen atoms in total. The largest absolute Gasteiger partial charge is 0.347 e. The summed E-state index contributed by atoms with van der Waals surface area (Å²) in [5.74, 6) is -0.476. The number of anilines is 1. The predicted molar refractivity (Wildman–Crippen MR) is 102 cm³/mol. The monoisotopic (exact) mass is 367 g/mol. The summed E-state index contributed by atoms with van der Waals surface area (Å²) in [4.78, 5) is 37.1. The third-order valence-corrected chi connectivity index (χ3v) is 4.93. The average Bonchev–Trinajstić information content (AvgIpc) is 2.97. The number of benzene rings is 2. The summed E-state index contributed by atoms with van der Waals surface area (Å²) in [6, 6.07) is 9.85. The number of carbonyl (C=O) groups is 2. The van der Waals surface area contributed by atoms with Gasteiger partial charge < -0.3 is 10.2 Å². The molecule has 1 atom stereocenters. The fraction of sp³-hybridized carbons (Fsp3) is 0.300. The highest BCUT2D eigenvalue weighted by atomic mass is 16.6. The molecule has 3 rings (SSSR count). The molecular weight excluding hydrogens is 346 g/mol. The van der Waals surface area contributed by atoms with Crippen LogP contribution in [0.1, 0.15) is 33.5 Å². The fourth-order valence-corrected chi connectivity index (χ4v) is 3.16. The second-order valence-electron chi connectivity index (χ2n) is 6.91. The molecule has 1 aliphatic heterocycles. The molecule has 1 saturated heterocycles. The molecular formula is C20H21N3O4. The quantitative estimate of drug-likeness (QED) is 0.664. The molecule has 0 aromatic heterocycles. The van der Waals surface area contributed by atoms with E-state index in [9.17, 15) is 19.7 Å². The van der Waals surface area contributed by atoms with Crippen molar-refractivity contribution >= 4 is 23.2 Å².